The van der Waals surface area contributed by atoms with Crippen molar-refractivity contribution in [2.45, 2.75) is 19.8 Å². The van der Waals surface area contributed by atoms with Gasteiger partial charge in [-0.25, -0.2) is 4.98 Å². The second kappa shape index (κ2) is 6.49. The molecule has 1 aliphatic heterocycles. The Morgan fingerprint density at radius 1 is 1.28 bits per heavy atom. The van der Waals surface area contributed by atoms with Crippen molar-refractivity contribution in [1.29, 1.82) is 0 Å². The van der Waals surface area contributed by atoms with Gasteiger partial charge in [-0.3, -0.25) is 4.79 Å². The molecule has 1 aromatic heterocycles. The SMILES string of the molecule is Cc1nc2ccc(C(=O)N3CC(CCl)c4c3cc(O)c3cccc(C)c43)cc2[nH]1. The van der Waals surface area contributed by atoms with Crippen molar-refractivity contribution in [3.63, 3.8) is 0 Å². The van der Waals surface area contributed by atoms with Gasteiger partial charge in [-0.15, -0.1) is 11.6 Å². The summed E-state index contributed by atoms with van der Waals surface area (Å²) in [5, 5.41) is 12.4. The van der Waals surface area contributed by atoms with E-state index in [1.807, 2.05) is 44.2 Å². The zero-order chi connectivity index (χ0) is 20.3. The van der Waals surface area contributed by atoms with Crippen LogP contribution in [0.15, 0.2) is 42.5 Å². The molecule has 0 aliphatic carbocycles. The summed E-state index contributed by atoms with van der Waals surface area (Å²) in [6.45, 7) is 4.40. The van der Waals surface area contributed by atoms with Crippen molar-refractivity contribution in [2.75, 3.05) is 17.3 Å². The monoisotopic (exact) mass is 405 g/mol. The van der Waals surface area contributed by atoms with Gasteiger partial charge < -0.3 is 15.0 Å². The van der Waals surface area contributed by atoms with Crippen molar-refractivity contribution < 1.29 is 9.90 Å². The molecule has 1 amide bonds. The van der Waals surface area contributed by atoms with E-state index in [2.05, 4.69) is 9.97 Å². The number of carbonyl (C=O) groups is 1. The maximum absolute atomic E-state index is 13.4. The highest BCUT2D eigenvalue weighted by atomic mass is 35.5. The molecule has 5 nitrogen and oxygen atoms in total. The standard InChI is InChI=1S/C23H20ClN3O2/c1-12-4-3-5-16-20(28)9-19-22(21(12)16)15(10-24)11-27(19)23(29)14-6-7-17-18(8-14)26-13(2)25-17/h3-9,15,28H,10-11H2,1-2H3,(H,25,26). The molecule has 0 saturated heterocycles. The zero-order valence-electron chi connectivity index (χ0n) is 16.2. The molecule has 0 bridgehead atoms. The van der Waals surface area contributed by atoms with Gasteiger partial charge in [0.1, 0.15) is 11.6 Å². The second-order valence-electron chi connectivity index (χ2n) is 7.65. The summed E-state index contributed by atoms with van der Waals surface area (Å²) < 4.78 is 0. The minimum Gasteiger partial charge on any atom is -0.507 e. The highest BCUT2D eigenvalue weighted by Gasteiger charge is 2.35. The van der Waals surface area contributed by atoms with Crippen LogP contribution in [0.4, 0.5) is 5.69 Å². The normalized spacial score (nSPS) is 16.0. The molecule has 29 heavy (non-hydrogen) atoms. The Morgan fingerprint density at radius 3 is 2.90 bits per heavy atom. The number of imidazole rings is 1. The number of aromatic amines is 1. The predicted octanol–water partition coefficient (Wildman–Crippen LogP) is 5.02. The number of hydrogen-bond acceptors (Lipinski definition) is 3. The van der Waals surface area contributed by atoms with Gasteiger partial charge in [0, 0.05) is 35.4 Å². The fraction of sp³-hybridized carbons (Fsp3) is 0.217. The molecular formula is C23H20ClN3O2. The summed E-state index contributed by atoms with van der Waals surface area (Å²) >= 11 is 6.31. The number of anilines is 1. The number of phenolic OH excluding ortho intramolecular Hbond substituents is 1. The number of nitrogens with zero attached hydrogens (tertiary/aromatic N) is 2. The van der Waals surface area contributed by atoms with Gasteiger partial charge in [0.05, 0.1) is 16.7 Å². The van der Waals surface area contributed by atoms with Gasteiger partial charge in [0.2, 0.25) is 0 Å². The largest absolute Gasteiger partial charge is 0.507 e. The number of carbonyl (C=O) groups excluding carboxylic acids is 1. The van der Waals surface area contributed by atoms with E-state index in [9.17, 15) is 9.90 Å². The molecule has 6 heteroatoms. The van der Waals surface area contributed by atoms with Crippen molar-refractivity contribution in [1.82, 2.24) is 9.97 Å². The number of aromatic hydroxyl groups is 1. The number of amides is 1. The van der Waals surface area contributed by atoms with Crippen LogP contribution in [0.3, 0.4) is 0 Å². The Bertz CT molecular complexity index is 1290. The van der Waals surface area contributed by atoms with E-state index in [4.69, 9.17) is 11.6 Å². The fourth-order valence-corrected chi connectivity index (χ4v) is 4.69. The van der Waals surface area contributed by atoms with Crippen LogP contribution >= 0.6 is 11.6 Å². The van der Waals surface area contributed by atoms with E-state index >= 15 is 0 Å². The lowest BCUT2D eigenvalue weighted by atomic mass is 9.92. The number of phenols is 1. The third-order valence-corrected chi connectivity index (χ3v) is 6.12. The number of aryl methyl sites for hydroxylation is 2. The Balaban J connectivity index is 1.67. The van der Waals surface area contributed by atoms with Crippen LogP contribution in [0.25, 0.3) is 21.8 Å². The number of halogens is 1. The molecule has 146 valence electrons. The average Bonchev–Trinajstić information content (AvgIpc) is 3.26. The molecular weight excluding hydrogens is 386 g/mol. The quantitative estimate of drug-likeness (QED) is 0.460. The van der Waals surface area contributed by atoms with Gasteiger partial charge in [0.15, 0.2) is 0 Å². The summed E-state index contributed by atoms with van der Waals surface area (Å²) in [6.07, 6.45) is 0. The van der Waals surface area contributed by atoms with Gasteiger partial charge >= 0.3 is 0 Å². The number of rotatable bonds is 2. The van der Waals surface area contributed by atoms with Crippen molar-refractivity contribution in [3.05, 3.63) is 65.0 Å². The van der Waals surface area contributed by atoms with E-state index in [1.54, 1.807) is 17.0 Å². The number of aromatic nitrogens is 2. The Kier molecular flexibility index (Phi) is 4.03. The van der Waals surface area contributed by atoms with Crippen LogP contribution in [-0.2, 0) is 0 Å². The summed E-state index contributed by atoms with van der Waals surface area (Å²) in [5.41, 5.74) is 5.08. The van der Waals surface area contributed by atoms with Crippen LogP contribution in [0.1, 0.15) is 33.2 Å². The first kappa shape index (κ1) is 18.0. The van der Waals surface area contributed by atoms with E-state index < -0.39 is 0 Å². The van der Waals surface area contributed by atoms with E-state index in [-0.39, 0.29) is 17.6 Å². The summed E-state index contributed by atoms with van der Waals surface area (Å²) in [4.78, 5) is 22.7. The van der Waals surface area contributed by atoms with Crippen molar-refractivity contribution >= 4 is 45.0 Å². The third-order valence-electron chi connectivity index (χ3n) is 5.75. The first-order chi connectivity index (χ1) is 14.0. The first-order valence-electron chi connectivity index (χ1n) is 9.57. The number of alkyl halides is 1. The zero-order valence-corrected chi connectivity index (χ0v) is 16.9. The highest BCUT2D eigenvalue weighted by molar-refractivity contribution is 6.19. The van der Waals surface area contributed by atoms with E-state index in [1.165, 1.54) is 0 Å². The number of fused-ring (bicyclic) bond motifs is 4. The van der Waals surface area contributed by atoms with Gasteiger partial charge in [0.25, 0.3) is 5.91 Å². The minimum atomic E-state index is -0.111. The van der Waals surface area contributed by atoms with E-state index in [0.717, 1.165) is 44.4 Å². The van der Waals surface area contributed by atoms with Crippen LogP contribution in [-0.4, -0.2) is 33.4 Å². The van der Waals surface area contributed by atoms with Crippen molar-refractivity contribution in [3.8, 4) is 5.75 Å². The number of benzene rings is 3. The molecule has 0 saturated carbocycles. The molecule has 2 heterocycles. The Labute approximate surface area is 172 Å². The molecule has 0 spiro atoms. The predicted molar refractivity (Wildman–Crippen MR) is 116 cm³/mol. The molecule has 0 radical (unpaired) electrons. The van der Waals surface area contributed by atoms with Crippen LogP contribution in [0.5, 0.6) is 5.75 Å². The van der Waals surface area contributed by atoms with Crippen LogP contribution < -0.4 is 4.90 Å². The summed E-state index contributed by atoms with van der Waals surface area (Å²) in [5.74, 6) is 1.29. The van der Waals surface area contributed by atoms with Gasteiger partial charge in [-0.2, -0.15) is 0 Å². The lowest BCUT2D eigenvalue weighted by Gasteiger charge is -2.19. The fourth-order valence-electron chi connectivity index (χ4n) is 4.44. The number of hydrogen-bond donors (Lipinski definition) is 2. The smallest absolute Gasteiger partial charge is 0.258 e. The Morgan fingerprint density at radius 2 is 2.10 bits per heavy atom. The molecule has 0 fully saturated rings. The van der Waals surface area contributed by atoms with Crippen molar-refractivity contribution in [2.24, 2.45) is 0 Å². The van der Waals surface area contributed by atoms with Crippen LogP contribution in [0, 0.1) is 13.8 Å². The first-order valence-corrected chi connectivity index (χ1v) is 10.1. The maximum atomic E-state index is 13.4. The van der Waals surface area contributed by atoms with E-state index in [0.29, 0.717) is 18.0 Å². The molecule has 2 N–H and O–H groups in total. The maximum Gasteiger partial charge on any atom is 0.258 e. The third kappa shape index (κ3) is 2.69. The number of nitrogens with one attached hydrogen (secondary N) is 1. The molecule has 1 aliphatic rings. The average molecular weight is 406 g/mol. The molecule has 3 aromatic carbocycles. The van der Waals surface area contributed by atoms with Crippen LogP contribution in [0.2, 0.25) is 0 Å². The van der Waals surface area contributed by atoms with Gasteiger partial charge in [-0.1, -0.05) is 18.2 Å². The molecule has 5 rings (SSSR count). The lowest BCUT2D eigenvalue weighted by molar-refractivity contribution is 0.0988. The Hall–Kier alpha value is -3.05. The number of H-pyrrole nitrogens is 1. The summed E-state index contributed by atoms with van der Waals surface area (Å²) in [7, 11) is 0. The molecule has 1 atom stereocenters. The van der Waals surface area contributed by atoms with Gasteiger partial charge in [-0.05, 0) is 48.6 Å². The minimum absolute atomic E-state index is 0.0120. The highest BCUT2D eigenvalue weighted by Crippen LogP contribution is 2.46. The topological polar surface area (TPSA) is 69.2 Å². The summed E-state index contributed by atoms with van der Waals surface area (Å²) in [6, 6.07) is 13.0. The second-order valence-corrected chi connectivity index (χ2v) is 7.96. The molecule has 4 aromatic rings. The lowest BCUT2D eigenvalue weighted by Crippen LogP contribution is -2.30. The molecule has 1 unspecified atom stereocenters.